The Hall–Kier alpha value is -4.30. The zero-order valence-electron chi connectivity index (χ0n) is 20.4. The van der Waals surface area contributed by atoms with Crippen LogP contribution in [-0.4, -0.2) is 71.1 Å². The van der Waals surface area contributed by atoms with E-state index in [1.165, 1.54) is 4.90 Å². The fraction of sp³-hybridized carbons (Fsp3) is 0.241. The molecule has 8 nitrogen and oxygen atoms in total. The minimum absolute atomic E-state index is 0.0375. The van der Waals surface area contributed by atoms with Crippen molar-refractivity contribution in [1.82, 2.24) is 20.0 Å². The Labute approximate surface area is 215 Å². The van der Waals surface area contributed by atoms with E-state index in [1.54, 1.807) is 47.4 Å². The summed E-state index contributed by atoms with van der Waals surface area (Å²) in [5.74, 6) is -0.774. The van der Waals surface area contributed by atoms with Crippen LogP contribution in [0.25, 0.3) is 0 Å². The maximum Gasteiger partial charge on any atom is 0.261 e. The van der Waals surface area contributed by atoms with Gasteiger partial charge in [0.25, 0.3) is 17.7 Å². The van der Waals surface area contributed by atoms with E-state index in [0.717, 1.165) is 5.56 Å². The first-order valence-electron chi connectivity index (χ1n) is 12.4. The largest absolute Gasteiger partial charge is 0.351 e. The van der Waals surface area contributed by atoms with Gasteiger partial charge in [-0.3, -0.25) is 29.0 Å². The summed E-state index contributed by atoms with van der Waals surface area (Å²) in [6.45, 7) is 3.17. The highest BCUT2D eigenvalue weighted by Gasteiger charge is 2.35. The standard InChI is InChI=1S/C29H28N4O4/c34-26(30-18-21-7-2-1-3-8-21)20-31-13-15-32(16-14-31)27(35)23-10-6-9-22(17-23)19-33-28(36)24-11-4-5-12-25(24)29(33)37/h1-12,17H,13-16,18-20H2,(H,30,34). The number of piperazine rings is 1. The number of benzene rings is 3. The first-order chi connectivity index (χ1) is 18.0. The highest BCUT2D eigenvalue weighted by molar-refractivity contribution is 6.21. The second-order valence-corrected chi connectivity index (χ2v) is 9.27. The molecule has 0 unspecified atom stereocenters. The van der Waals surface area contributed by atoms with E-state index >= 15 is 0 Å². The number of fused-ring (bicyclic) bond motifs is 1. The zero-order valence-corrected chi connectivity index (χ0v) is 20.4. The van der Waals surface area contributed by atoms with E-state index in [9.17, 15) is 19.2 Å². The van der Waals surface area contributed by atoms with Crippen molar-refractivity contribution in [3.63, 3.8) is 0 Å². The van der Waals surface area contributed by atoms with E-state index in [0.29, 0.717) is 61.5 Å². The fourth-order valence-corrected chi connectivity index (χ4v) is 4.72. The Morgan fingerprint density at radius 2 is 1.35 bits per heavy atom. The molecule has 2 heterocycles. The molecule has 0 atom stereocenters. The summed E-state index contributed by atoms with van der Waals surface area (Å²) in [5, 5.41) is 2.94. The van der Waals surface area contributed by atoms with Gasteiger partial charge in [0.1, 0.15) is 0 Å². The third kappa shape index (κ3) is 5.44. The molecular formula is C29H28N4O4. The summed E-state index contributed by atoms with van der Waals surface area (Å²) in [5.41, 5.74) is 3.10. The quantitative estimate of drug-likeness (QED) is 0.508. The molecule has 3 aromatic rings. The van der Waals surface area contributed by atoms with Crippen LogP contribution in [0.5, 0.6) is 0 Å². The highest BCUT2D eigenvalue weighted by atomic mass is 16.2. The monoisotopic (exact) mass is 496 g/mol. The number of imide groups is 1. The molecule has 188 valence electrons. The van der Waals surface area contributed by atoms with Crippen LogP contribution in [0, 0.1) is 0 Å². The topological polar surface area (TPSA) is 90.0 Å². The molecule has 3 aromatic carbocycles. The van der Waals surface area contributed by atoms with Crippen LogP contribution >= 0.6 is 0 Å². The Bertz CT molecular complexity index is 1300. The Morgan fingerprint density at radius 3 is 2.03 bits per heavy atom. The van der Waals surface area contributed by atoms with Gasteiger partial charge in [0.05, 0.1) is 24.2 Å². The number of hydrogen-bond donors (Lipinski definition) is 1. The van der Waals surface area contributed by atoms with Crippen molar-refractivity contribution >= 4 is 23.6 Å². The predicted octanol–water partition coefficient (Wildman–Crippen LogP) is 2.56. The molecule has 1 saturated heterocycles. The van der Waals surface area contributed by atoms with Gasteiger partial charge >= 0.3 is 0 Å². The molecule has 2 aliphatic rings. The van der Waals surface area contributed by atoms with E-state index in [1.807, 2.05) is 41.3 Å². The van der Waals surface area contributed by atoms with Gasteiger partial charge in [0.15, 0.2) is 0 Å². The Kier molecular flexibility index (Phi) is 7.09. The molecule has 0 spiro atoms. The number of amides is 4. The maximum atomic E-state index is 13.2. The lowest BCUT2D eigenvalue weighted by Crippen LogP contribution is -2.51. The SMILES string of the molecule is O=C(CN1CCN(C(=O)c2cccc(CN3C(=O)c4ccccc4C3=O)c2)CC1)NCc1ccccc1. The molecule has 0 aliphatic carbocycles. The van der Waals surface area contributed by atoms with Crippen molar-refractivity contribution < 1.29 is 19.2 Å². The van der Waals surface area contributed by atoms with Crippen LogP contribution in [0.4, 0.5) is 0 Å². The smallest absolute Gasteiger partial charge is 0.261 e. The molecule has 5 rings (SSSR count). The van der Waals surface area contributed by atoms with Gasteiger partial charge in [0.2, 0.25) is 5.91 Å². The van der Waals surface area contributed by atoms with Crippen LogP contribution in [-0.2, 0) is 17.9 Å². The average Bonchev–Trinajstić information content (AvgIpc) is 3.17. The maximum absolute atomic E-state index is 13.2. The van der Waals surface area contributed by atoms with Crippen LogP contribution in [0.1, 0.15) is 42.2 Å². The highest BCUT2D eigenvalue weighted by Crippen LogP contribution is 2.24. The number of carbonyl (C=O) groups excluding carboxylic acids is 4. The van der Waals surface area contributed by atoms with Crippen molar-refractivity contribution in [1.29, 1.82) is 0 Å². The number of carbonyl (C=O) groups is 4. The van der Waals surface area contributed by atoms with Crippen molar-refractivity contribution in [2.24, 2.45) is 0 Å². The van der Waals surface area contributed by atoms with E-state index in [2.05, 4.69) is 5.32 Å². The summed E-state index contributed by atoms with van der Waals surface area (Å²) in [6, 6.07) is 23.6. The second-order valence-electron chi connectivity index (χ2n) is 9.27. The molecule has 0 bridgehead atoms. The van der Waals surface area contributed by atoms with E-state index in [-0.39, 0.29) is 30.2 Å². The van der Waals surface area contributed by atoms with Gasteiger partial charge in [-0.15, -0.1) is 0 Å². The molecule has 0 radical (unpaired) electrons. The number of hydrogen-bond acceptors (Lipinski definition) is 5. The number of nitrogens with one attached hydrogen (secondary N) is 1. The minimum Gasteiger partial charge on any atom is -0.351 e. The fourth-order valence-electron chi connectivity index (χ4n) is 4.72. The van der Waals surface area contributed by atoms with Crippen LogP contribution in [0.3, 0.4) is 0 Å². The first-order valence-corrected chi connectivity index (χ1v) is 12.4. The molecule has 1 N–H and O–H groups in total. The normalized spacial score (nSPS) is 15.6. The Balaban J connectivity index is 1.13. The van der Waals surface area contributed by atoms with Crippen LogP contribution in [0.2, 0.25) is 0 Å². The lowest BCUT2D eigenvalue weighted by molar-refractivity contribution is -0.122. The third-order valence-electron chi connectivity index (χ3n) is 6.75. The van der Waals surface area contributed by atoms with Gasteiger partial charge in [-0.25, -0.2) is 0 Å². The van der Waals surface area contributed by atoms with Crippen molar-refractivity contribution in [3.05, 3.63) is 107 Å². The predicted molar refractivity (Wildman–Crippen MR) is 138 cm³/mol. The summed E-state index contributed by atoms with van der Waals surface area (Å²) in [7, 11) is 0. The summed E-state index contributed by atoms with van der Waals surface area (Å²) < 4.78 is 0. The first kappa shape index (κ1) is 24.4. The summed E-state index contributed by atoms with van der Waals surface area (Å²) in [4.78, 5) is 55.9. The molecule has 37 heavy (non-hydrogen) atoms. The van der Waals surface area contributed by atoms with Crippen molar-refractivity contribution in [2.75, 3.05) is 32.7 Å². The van der Waals surface area contributed by atoms with Crippen molar-refractivity contribution in [2.45, 2.75) is 13.1 Å². The number of rotatable bonds is 7. The second kappa shape index (κ2) is 10.8. The van der Waals surface area contributed by atoms with Gasteiger partial charge in [-0.05, 0) is 35.4 Å². The summed E-state index contributed by atoms with van der Waals surface area (Å²) >= 11 is 0. The van der Waals surface area contributed by atoms with Gasteiger partial charge in [-0.2, -0.15) is 0 Å². The molecule has 4 amide bonds. The molecule has 8 heteroatoms. The average molecular weight is 497 g/mol. The molecule has 0 saturated carbocycles. The van der Waals surface area contributed by atoms with E-state index < -0.39 is 0 Å². The lowest BCUT2D eigenvalue weighted by atomic mass is 10.1. The van der Waals surface area contributed by atoms with Gasteiger partial charge in [-0.1, -0.05) is 54.6 Å². The molecular weight excluding hydrogens is 468 g/mol. The minimum atomic E-state index is -0.318. The summed E-state index contributed by atoms with van der Waals surface area (Å²) in [6.07, 6.45) is 0. The molecule has 0 aromatic heterocycles. The van der Waals surface area contributed by atoms with Crippen LogP contribution < -0.4 is 5.32 Å². The van der Waals surface area contributed by atoms with Gasteiger partial charge in [0, 0.05) is 38.3 Å². The van der Waals surface area contributed by atoms with Crippen molar-refractivity contribution in [3.8, 4) is 0 Å². The molecule has 1 fully saturated rings. The lowest BCUT2D eigenvalue weighted by Gasteiger charge is -2.34. The Morgan fingerprint density at radius 1 is 0.730 bits per heavy atom. The molecule has 2 aliphatic heterocycles. The van der Waals surface area contributed by atoms with Crippen LogP contribution in [0.15, 0.2) is 78.9 Å². The van der Waals surface area contributed by atoms with Gasteiger partial charge < -0.3 is 10.2 Å². The third-order valence-corrected chi connectivity index (χ3v) is 6.75. The zero-order chi connectivity index (χ0) is 25.8. The number of nitrogens with zero attached hydrogens (tertiary/aromatic N) is 3. The van der Waals surface area contributed by atoms with E-state index in [4.69, 9.17) is 0 Å².